The third kappa shape index (κ3) is 10.8. The van der Waals surface area contributed by atoms with E-state index < -0.39 is 0 Å². The van der Waals surface area contributed by atoms with Gasteiger partial charge in [-0.25, -0.2) is 10.9 Å². The van der Waals surface area contributed by atoms with Gasteiger partial charge in [0.1, 0.15) is 0 Å². The Labute approximate surface area is 172 Å². The fraction of sp³-hybridized carbons (Fsp3) is 0.889. The van der Waals surface area contributed by atoms with Crippen LogP contribution in [0.15, 0.2) is 0 Å². The quantitative estimate of drug-likeness (QED) is 0.126. The molecule has 11 heteroatoms. The summed E-state index contributed by atoms with van der Waals surface area (Å²) in [5.41, 5.74) is 16.8. The van der Waals surface area contributed by atoms with Gasteiger partial charge >= 0.3 is 0 Å². The smallest absolute Gasteiger partial charge is 0.248 e. The van der Waals surface area contributed by atoms with Crippen LogP contribution in [-0.2, 0) is 19.1 Å². The molecule has 2 fully saturated rings. The maximum absolute atomic E-state index is 12.1. The molecule has 0 aliphatic carbocycles. The van der Waals surface area contributed by atoms with Crippen molar-refractivity contribution in [1.82, 2.24) is 31.9 Å². The summed E-state index contributed by atoms with van der Waals surface area (Å²) in [5.74, 6) is -0.253. The monoisotopic (exact) mass is 415 g/mol. The minimum absolute atomic E-state index is 0.118. The van der Waals surface area contributed by atoms with E-state index in [0.29, 0.717) is 39.3 Å². The van der Waals surface area contributed by atoms with Crippen molar-refractivity contribution >= 4 is 11.8 Å². The maximum atomic E-state index is 12.1. The molecule has 2 saturated heterocycles. The summed E-state index contributed by atoms with van der Waals surface area (Å²) in [6.07, 6.45) is 4.54. The number of carbonyl (C=O) groups is 2. The van der Waals surface area contributed by atoms with E-state index >= 15 is 0 Å². The fourth-order valence-corrected chi connectivity index (χ4v) is 3.32. The minimum atomic E-state index is -0.135. The van der Waals surface area contributed by atoms with Crippen molar-refractivity contribution in [1.29, 1.82) is 0 Å². The molecule has 7 N–H and O–H groups in total. The molecule has 0 aromatic rings. The first kappa shape index (κ1) is 23.9. The number of rotatable bonds is 15. The number of nitrogens with one attached hydrogen (secondary N) is 5. The van der Waals surface area contributed by atoms with Gasteiger partial charge < -0.3 is 20.5 Å². The molecule has 2 aliphatic rings. The van der Waals surface area contributed by atoms with E-state index in [0.717, 1.165) is 38.9 Å². The van der Waals surface area contributed by atoms with E-state index in [2.05, 4.69) is 27.0 Å². The lowest BCUT2D eigenvalue weighted by atomic mass is 10.2. The van der Waals surface area contributed by atoms with Crippen molar-refractivity contribution in [2.45, 2.75) is 37.9 Å². The van der Waals surface area contributed by atoms with Crippen LogP contribution in [0.5, 0.6) is 0 Å². The molecule has 29 heavy (non-hydrogen) atoms. The summed E-state index contributed by atoms with van der Waals surface area (Å²) in [6, 6.07) is 0. The predicted octanol–water partition coefficient (Wildman–Crippen LogP) is -2.56. The zero-order valence-corrected chi connectivity index (χ0v) is 17.2. The van der Waals surface area contributed by atoms with Crippen LogP contribution in [0.3, 0.4) is 0 Å². The van der Waals surface area contributed by atoms with E-state index in [4.69, 9.17) is 15.2 Å². The van der Waals surface area contributed by atoms with Crippen molar-refractivity contribution in [3.05, 3.63) is 0 Å². The third-order valence-electron chi connectivity index (χ3n) is 4.87. The molecule has 0 bridgehead atoms. The summed E-state index contributed by atoms with van der Waals surface area (Å²) in [7, 11) is 0. The maximum Gasteiger partial charge on any atom is 0.248 e. The summed E-state index contributed by atoms with van der Waals surface area (Å²) >= 11 is 0. The van der Waals surface area contributed by atoms with Crippen molar-refractivity contribution < 1.29 is 19.1 Å². The second-order valence-corrected chi connectivity index (χ2v) is 7.37. The van der Waals surface area contributed by atoms with Crippen LogP contribution < -0.4 is 32.8 Å². The normalized spacial score (nSPS) is 21.6. The van der Waals surface area contributed by atoms with Crippen LogP contribution in [-0.4, -0.2) is 94.5 Å². The average Bonchev–Trinajstić information content (AvgIpc) is 3.39. The van der Waals surface area contributed by atoms with Gasteiger partial charge in [-0.3, -0.25) is 25.3 Å². The number of nitrogens with zero attached hydrogens (tertiary/aromatic N) is 1. The first-order valence-corrected chi connectivity index (χ1v) is 10.6. The molecule has 2 aliphatic heterocycles. The van der Waals surface area contributed by atoms with E-state index in [1.807, 2.05) is 4.90 Å². The second-order valence-electron chi connectivity index (χ2n) is 7.37. The first-order valence-electron chi connectivity index (χ1n) is 10.6. The number of ether oxygens (including phenoxy) is 2. The van der Waals surface area contributed by atoms with Gasteiger partial charge in [0.15, 0.2) is 0 Å². The van der Waals surface area contributed by atoms with Crippen molar-refractivity contribution in [2.75, 3.05) is 65.6 Å². The van der Waals surface area contributed by atoms with Gasteiger partial charge in [-0.05, 0) is 25.7 Å². The standard InChI is InChI=1S/C18H37N7O4/c19-5-7-25(14-18(27)24-22-12-16-4-2-10-29-16)8-6-20-13-17(26)23-21-11-15-3-1-9-28-15/h15-16,20-22H,1-14,19H2,(H,23,26)(H,24,27). The highest BCUT2D eigenvalue weighted by Gasteiger charge is 2.16. The molecule has 168 valence electrons. The van der Waals surface area contributed by atoms with E-state index in [1.165, 1.54) is 0 Å². The average molecular weight is 416 g/mol. The van der Waals surface area contributed by atoms with Crippen LogP contribution in [0.1, 0.15) is 25.7 Å². The Hall–Kier alpha value is -1.34. The third-order valence-corrected chi connectivity index (χ3v) is 4.87. The summed E-state index contributed by atoms with van der Waals surface area (Å²) in [5, 5.41) is 3.08. The summed E-state index contributed by atoms with van der Waals surface area (Å²) < 4.78 is 11.0. The van der Waals surface area contributed by atoms with Gasteiger partial charge in [0.2, 0.25) is 11.8 Å². The molecule has 2 heterocycles. The lowest BCUT2D eigenvalue weighted by Crippen LogP contribution is -2.49. The van der Waals surface area contributed by atoms with Crippen LogP contribution >= 0.6 is 0 Å². The van der Waals surface area contributed by atoms with E-state index in [1.54, 1.807) is 0 Å². The predicted molar refractivity (Wildman–Crippen MR) is 109 cm³/mol. The molecule has 0 aromatic heterocycles. The highest BCUT2D eigenvalue weighted by atomic mass is 16.5. The SMILES string of the molecule is NCCN(CCNCC(=O)NNCC1CCCO1)CC(=O)NNCC1CCCO1. The molecular weight excluding hydrogens is 378 g/mol. The Kier molecular flexibility index (Phi) is 12.1. The Balaban J connectivity index is 1.49. The molecule has 2 atom stereocenters. The molecular formula is C18H37N7O4. The van der Waals surface area contributed by atoms with Crippen molar-refractivity contribution in [3.63, 3.8) is 0 Å². The topological polar surface area (TPSA) is 142 Å². The number of amides is 2. The summed E-state index contributed by atoms with van der Waals surface area (Å²) in [6.45, 7) is 5.52. The number of nitrogens with two attached hydrogens (primary N) is 1. The number of hydrazine groups is 2. The number of hydrogen-bond donors (Lipinski definition) is 6. The first-order chi connectivity index (χ1) is 14.2. The minimum Gasteiger partial charge on any atom is -0.377 e. The number of carbonyl (C=O) groups excluding carboxylic acids is 2. The molecule has 0 aromatic carbocycles. The highest BCUT2D eigenvalue weighted by molar-refractivity contribution is 5.77. The molecule has 0 saturated carbocycles. The lowest BCUT2D eigenvalue weighted by Gasteiger charge is -2.21. The van der Waals surface area contributed by atoms with Gasteiger partial charge in [0, 0.05) is 52.5 Å². The van der Waals surface area contributed by atoms with Crippen molar-refractivity contribution in [3.8, 4) is 0 Å². The van der Waals surface area contributed by atoms with Gasteiger partial charge in [-0.15, -0.1) is 0 Å². The van der Waals surface area contributed by atoms with Crippen LogP contribution in [0.2, 0.25) is 0 Å². The van der Waals surface area contributed by atoms with Gasteiger partial charge in [0.05, 0.1) is 25.3 Å². The Morgan fingerprint density at radius 3 is 2.10 bits per heavy atom. The molecule has 0 spiro atoms. The Morgan fingerprint density at radius 2 is 1.55 bits per heavy atom. The van der Waals surface area contributed by atoms with Crippen LogP contribution in [0, 0.1) is 0 Å². The van der Waals surface area contributed by atoms with E-state index in [9.17, 15) is 9.59 Å². The highest BCUT2D eigenvalue weighted by Crippen LogP contribution is 2.10. The molecule has 2 unspecified atom stereocenters. The van der Waals surface area contributed by atoms with Crippen molar-refractivity contribution in [2.24, 2.45) is 5.73 Å². The largest absolute Gasteiger partial charge is 0.377 e. The zero-order valence-electron chi connectivity index (χ0n) is 17.2. The van der Waals surface area contributed by atoms with Gasteiger partial charge in [-0.1, -0.05) is 0 Å². The molecule has 0 radical (unpaired) electrons. The Bertz CT molecular complexity index is 471. The molecule has 2 rings (SSSR count). The lowest BCUT2D eigenvalue weighted by molar-refractivity contribution is -0.123. The molecule has 2 amide bonds. The van der Waals surface area contributed by atoms with Crippen LogP contribution in [0.25, 0.3) is 0 Å². The van der Waals surface area contributed by atoms with Gasteiger partial charge in [-0.2, -0.15) is 0 Å². The Morgan fingerprint density at radius 1 is 0.931 bits per heavy atom. The second kappa shape index (κ2) is 14.6. The number of hydrogen-bond acceptors (Lipinski definition) is 9. The fourth-order valence-electron chi connectivity index (χ4n) is 3.32. The zero-order chi connectivity index (χ0) is 20.7. The summed E-state index contributed by atoms with van der Waals surface area (Å²) in [4.78, 5) is 25.8. The van der Waals surface area contributed by atoms with E-state index in [-0.39, 0.29) is 37.1 Å². The molecule has 11 nitrogen and oxygen atoms in total. The van der Waals surface area contributed by atoms with Crippen LogP contribution in [0.4, 0.5) is 0 Å². The van der Waals surface area contributed by atoms with Gasteiger partial charge in [0.25, 0.3) is 0 Å².